The second-order valence-corrected chi connectivity index (χ2v) is 6.94. The van der Waals surface area contributed by atoms with Gasteiger partial charge in [0.2, 0.25) is 15.4 Å². The van der Waals surface area contributed by atoms with Crippen LogP contribution in [0, 0.1) is 0 Å². The highest BCUT2D eigenvalue weighted by molar-refractivity contribution is 7.91. The van der Waals surface area contributed by atoms with Gasteiger partial charge in [-0.25, -0.2) is 13.4 Å². The summed E-state index contributed by atoms with van der Waals surface area (Å²) in [5, 5.41) is 15.9. The van der Waals surface area contributed by atoms with Crippen LogP contribution in [0.3, 0.4) is 0 Å². The van der Waals surface area contributed by atoms with Crippen molar-refractivity contribution in [2.75, 3.05) is 12.4 Å². The summed E-state index contributed by atoms with van der Waals surface area (Å²) in [6.45, 7) is 1.32. The van der Waals surface area contributed by atoms with Gasteiger partial charge < -0.3 is 5.32 Å². The summed E-state index contributed by atoms with van der Waals surface area (Å²) in [7, 11) is -2.40. The maximum Gasteiger partial charge on any atom is 0.272 e. The fraction of sp³-hybridized carbons (Fsp3) is 0.375. The van der Waals surface area contributed by atoms with Crippen LogP contribution in [0.15, 0.2) is 10.7 Å². The van der Waals surface area contributed by atoms with E-state index in [0.717, 1.165) is 15.6 Å². The molecule has 2 aromatic rings. The fourth-order valence-electron chi connectivity index (χ4n) is 1.25. The number of nitrogens with zero attached hydrogens (tertiary/aromatic N) is 5. The molecule has 12 heteroatoms. The maximum absolute atomic E-state index is 12.2. The van der Waals surface area contributed by atoms with E-state index in [2.05, 4.69) is 30.7 Å². The number of rotatable bonds is 5. The maximum atomic E-state index is 12.2. The number of anilines is 1. The van der Waals surface area contributed by atoms with Gasteiger partial charge in [0, 0.05) is 14.0 Å². The van der Waals surface area contributed by atoms with E-state index in [1.807, 2.05) is 0 Å². The Kier molecular flexibility index (Phi) is 4.06. The Morgan fingerprint density at radius 2 is 2.25 bits per heavy atom. The average molecular weight is 317 g/mol. The van der Waals surface area contributed by atoms with Crippen molar-refractivity contribution in [3.05, 3.63) is 12.2 Å². The van der Waals surface area contributed by atoms with Crippen molar-refractivity contribution in [3.8, 4) is 0 Å². The van der Waals surface area contributed by atoms with Crippen molar-refractivity contribution in [3.63, 3.8) is 0 Å². The Balaban J connectivity index is 2.16. The highest BCUT2D eigenvalue weighted by Crippen LogP contribution is 2.23. The van der Waals surface area contributed by atoms with E-state index >= 15 is 0 Å². The highest BCUT2D eigenvalue weighted by Gasteiger charge is 2.26. The lowest BCUT2D eigenvalue weighted by Crippen LogP contribution is -2.27. The summed E-state index contributed by atoms with van der Waals surface area (Å²) >= 11 is 0.779. The van der Waals surface area contributed by atoms with Crippen LogP contribution in [-0.2, 0) is 21.4 Å². The third-order valence-corrected chi connectivity index (χ3v) is 5.15. The second-order valence-electron chi connectivity index (χ2n) is 3.75. The Bertz CT molecular complexity index is 693. The predicted molar refractivity (Wildman–Crippen MR) is 69.2 cm³/mol. The molecule has 0 fully saturated rings. The first-order valence-electron chi connectivity index (χ1n) is 5.31. The summed E-state index contributed by atoms with van der Waals surface area (Å²) < 4.78 is 25.3. The van der Waals surface area contributed by atoms with E-state index in [-0.39, 0.29) is 21.9 Å². The summed E-state index contributed by atoms with van der Waals surface area (Å²) in [6.07, 6.45) is 1.29. The van der Waals surface area contributed by atoms with Crippen LogP contribution in [0.2, 0.25) is 0 Å². The van der Waals surface area contributed by atoms with Gasteiger partial charge in [0.05, 0.1) is 6.54 Å². The normalized spacial score (nSPS) is 11.8. The fourth-order valence-corrected chi connectivity index (χ4v) is 3.52. The molecule has 2 N–H and O–H groups in total. The molecule has 0 spiro atoms. The van der Waals surface area contributed by atoms with Gasteiger partial charge in [-0.2, -0.15) is 9.40 Å². The standard InChI is InChI=1S/C8H11N7O3S2/c1-5(16)11-7-13-14-8(19-7)20(17,18)15(2)3-6-9-4-10-12-6/h4H,3H2,1-2H3,(H,9,10,12)(H,11,13,16). The Morgan fingerprint density at radius 3 is 2.85 bits per heavy atom. The van der Waals surface area contributed by atoms with Crippen molar-refractivity contribution >= 4 is 32.4 Å². The Labute approximate surface area is 118 Å². The molecule has 10 nitrogen and oxygen atoms in total. The minimum absolute atomic E-state index is 0.0252. The number of nitrogens with one attached hydrogen (secondary N) is 2. The first kappa shape index (κ1) is 14.5. The van der Waals surface area contributed by atoms with E-state index in [1.54, 1.807) is 0 Å². The van der Waals surface area contributed by atoms with Crippen LogP contribution < -0.4 is 5.32 Å². The molecular weight excluding hydrogens is 306 g/mol. The molecule has 1 amide bonds. The van der Waals surface area contributed by atoms with Gasteiger partial charge in [-0.1, -0.05) is 11.3 Å². The van der Waals surface area contributed by atoms with Gasteiger partial charge in [0.25, 0.3) is 10.0 Å². The molecule has 20 heavy (non-hydrogen) atoms. The molecule has 0 aliphatic carbocycles. The van der Waals surface area contributed by atoms with E-state index in [9.17, 15) is 13.2 Å². The van der Waals surface area contributed by atoms with Crippen LogP contribution in [0.1, 0.15) is 12.7 Å². The smallest absolute Gasteiger partial charge is 0.272 e. The number of carbonyl (C=O) groups excluding carboxylic acids is 1. The zero-order chi connectivity index (χ0) is 14.8. The Morgan fingerprint density at radius 1 is 1.50 bits per heavy atom. The van der Waals surface area contributed by atoms with Crippen molar-refractivity contribution in [1.82, 2.24) is 29.7 Å². The number of carbonyl (C=O) groups is 1. The zero-order valence-electron chi connectivity index (χ0n) is 10.6. The average Bonchev–Trinajstić information content (AvgIpc) is 2.99. The number of hydrogen-bond donors (Lipinski definition) is 2. The van der Waals surface area contributed by atoms with Gasteiger partial charge in [0.15, 0.2) is 0 Å². The van der Waals surface area contributed by atoms with Crippen molar-refractivity contribution in [1.29, 1.82) is 0 Å². The third kappa shape index (κ3) is 3.15. The molecule has 0 aliphatic heterocycles. The molecule has 0 aromatic carbocycles. The van der Waals surface area contributed by atoms with Gasteiger partial charge >= 0.3 is 0 Å². The van der Waals surface area contributed by atoms with Crippen molar-refractivity contribution in [2.45, 2.75) is 17.8 Å². The monoisotopic (exact) mass is 317 g/mol. The molecule has 0 bridgehead atoms. The summed E-state index contributed by atoms with van der Waals surface area (Å²) in [6, 6.07) is 0. The van der Waals surface area contributed by atoms with Crippen LogP contribution in [0.25, 0.3) is 0 Å². The van der Waals surface area contributed by atoms with Crippen LogP contribution in [0.4, 0.5) is 5.13 Å². The lowest BCUT2D eigenvalue weighted by atomic mass is 10.6. The molecule has 2 heterocycles. The summed E-state index contributed by atoms with van der Waals surface area (Å²) in [4.78, 5) is 14.7. The summed E-state index contributed by atoms with van der Waals surface area (Å²) in [5.74, 6) is 0.0581. The largest absolute Gasteiger partial charge is 0.301 e. The Hall–Kier alpha value is -1.92. The molecule has 0 saturated carbocycles. The minimum Gasteiger partial charge on any atom is -0.301 e. The number of aromatic amines is 1. The van der Waals surface area contributed by atoms with Crippen LogP contribution in [0.5, 0.6) is 0 Å². The molecule has 2 aromatic heterocycles. The molecule has 0 unspecified atom stereocenters. The molecule has 108 valence electrons. The van der Waals surface area contributed by atoms with Crippen molar-refractivity contribution < 1.29 is 13.2 Å². The van der Waals surface area contributed by atoms with E-state index in [0.29, 0.717) is 5.82 Å². The van der Waals surface area contributed by atoms with Crippen molar-refractivity contribution in [2.24, 2.45) is 0 Å². The topological polar surface area (TPSA) is 134 Å². The summed E-state index contributed by atoms with van der Waals surface area (Å²) in [5.41, 5.74) is 0. The third-order valence-electron chi connectivity index (χ3n) is 2.16. The molecule has 0 atom stereocenters. The SMILES string of the molecule is CC(=O)Nc1nnc(S(=O)(=O)N(C)Cc2ncn[nH]2)s1. The molecule has 0 radical (unpaired) electrons. The molecule has 0 saturated heterocycles. The van der Waals surface area contributed by atoms with E-state index in [1.165, 1.54) is 20.3 Å². The van der Waals surface area contributed by atoms with Crippen LogP contribution in [-0.4, -0.2) is 51.1 Å². The number of amides is 1. The van der Waals surface area contributed by atoms with Crippen LogP contribution >= 0.6 is 11.3 Å². The second kappa shape index (κ2) is 5.60. The molecule has 2 rings (SSSR count). The van der Waals surface area contributed by atoms with Gasteiger partial charge in [0.1, 0.15) is 12.2 Å². The number of sulfonamides is 1. The zero-order valence-corrected chi connectivity index (χ0v) is 12.2. The van der Waals surface area contributed by atoms with Gasteiger partial charge in [-0.05, 0) is 0 Å². The minimum atomic E-state index is -3.79. The van der Waals surface area contributed by atoms with Gasteiger partial charge in [-0.3, -0.25) is 9.89 Å². The molecular formula is C8H11N7O3S2. The predicted octanol–water partition coefficient (Wildman–Crippen LogP) is -0.565. The first-order valence-corrected chi connectivity index (χ1v) is 7.57. The number of hydrogen-bond acceptors (Lipinski definition) is 8. The lowest BCUT2D eigenvalue weighted by Gasteiger charge is -2.12. The number of H-pyrrole nitrogens is 1. The van der Waals surface area contributed by atoms with E-state index in [4.69, 9.17) is 0 Å². The highest BCUT2D eigenvalue weighted by atomic mass is 32.2. The van der Waals surface area contributed by atoms with E-state index < -0.39 is 10.0 Å². The van der Waals surface area contributed by atoms with Gasteiger partial charge in [-0.15, -0.1) is 10.2 Å². The lowest BCUT2D eigenvalue weighted by molar-refractivity contribution is -0.114. The number of aromatic nitrogens is 5. The first-order chi connectivity index (χ1) is 9.39. The molecule has 0 aliphatic rings. The quantitative estimate of drug-likeness (QED) is 0.705.